The number of rotatable bonds is 8. The lowest BCUT2D eigenvalue weighted by Gasteiger charge is -2.28. The molecule has 2 aromatic carbocycles. The first-order valence-electron chi connectivity index (χ1n) is 8.76. The van der Waals surface area contributed by atoms with Crippen molar-refractivity contribution in [2.45, 2.75) is 39.5 Å². The van der Waals surface area contributed by atoms with Gasteiger partial charge < -0.3 is 10.1 Å². The highest BCUT2D eigenvalue weighted by Crippen LogP contribution is 2.20. The van der Waals surface area contributed by atoms with Crippen molar-refractivity contribution in [2.24, 2.45) is 0 Å². The molecule has 0 spiro atoms. The second-order valence-corrected chi connectivity index (χ2v) is 8.46. The van der Waals surface area contributed by atoms with Crippen LogP contribution < -0.4 is 14.4 Å². The first-order valence-corrected chi connectivity index (χ1v) is 10.6. The van der Waals surface area contributed by atoms with E-state index in [4.69, 9.17) is 4.74 Å². The number of sulfonamides is 1. The van der Waals surface area contributed by atoms with Gasteiger partial charge in [-0.3, -0.25) is 9.10 Å². The second kappa shape index (κ2) is 8.90. The molecule has 0 unspecified atom stereocenters. The van der Waals surface area contributed by atoms with Crippen molar-refractivity contribution in [3.8, 4) is 5.75 Å². The summed E-state index contributed by atoms with van der Waals surface area (Å²) in [6.45, 7) is 5.78. The molecule has 1 amide bonds. The van der Waals surface area contributed by atoms with Crippen molar-refractivity contribution in [1.29, 1.82) is 0 Å². The minimum Gasteiger partial charge on any atom is -0.491 e. The number of hydrogen-bond acceptors (Lipinski definition) is 4. The smallest absolute Gasteiger partial charge is 0.243 e. The average Bonchev–Trinajstić information content (AvgIpc) is 2.60. The van der Waals surface area contributed by atoms with Crippen molar-refractivity contribution in [1.82, 2.24) is 5.32 Å². The fraction of sp³-hybridized carbons (Fsp3) is 0.350. The third-order valence-corrected chi connectivity index (χ3v) is 5.10. The minimum atomic E-state index is -3.61. The van der Waals surface area contributed by atoms with Crippen LogP contribution in [0.1, 0.15) is 26.3 Å². The van der Waals surface area contributed by atoms with E-state index in [1.807, 2.05) is 38.1 Å². The number of benzene rings is 2. The molecular weight excluding hydrogens is 364 g/mol. The highest BCUT2D eigenvalue weighted by atomic mass is 32.2. The third kappa shape index (κ3) is 5.99. The predicted molar refractivity (Wildman–Crippen MR) is 107 cm³/mol. The largest absolute Gasteiger partial charge is 0.491 e. The van der Waals surface area contributed by atoms with Crippen LogP contribution in [0.5, 0.6) is 5.75 Å². The van der Waals surface area contributed by atoms with Gasteiger partial charge in [-0.15, -0.1) is 0 Å². The lowest BCUT2D eigenvalue weighted by molar-refractivity contribution is -0.122. The summed E-state index contributed by atoms with van der Waals surface area (Å²) in [5, 5.41) is 2.80. The van der Waals surface area contributed by atoms with E-state index in [-0.39, 0.29) is 12.0 Å². The Bertz CT molecular complexity index is 849. The molecule has 6 nitrogen and oxygen atoms in total. The number of carbonyl (C=O) groups excluding carboxylic acids is 1. The molecule has 0 saturated carbocycles. The van der Waals surface area contributed by atoms with Gasteiger partial charge in [0.15, 0.2) is 0 Å². The van der Waals surface area contributed by atoms with Crippen LogP contribution >= 0.6 is 0 Å². The van der Waals surface area contributed by atoms with E-state index >= 15 is 0 Å². The molecule has 1 N–H and O–H groups in total. The van der Waals surface area contributed by atoms with Gasteiger partial charge in [-0.2, -0.15) is 0 Å². The Morgan fingerprint density at radius 2 is 1.63 bits per heavy atom. The maximum Gasteiger partial charge on any atom is 0.243 e. The van der Waals surface area contributed by atoms with Gasteiger partial charge in [-0.05, 0) is 50.6 Å². The molecular formula is C20H26N2O4S. The minimum absolute atomic E-state index is 0.0939. The van der Waals surface area contributed by atoms with Gasteiger partial charge in [-0.1, -0.05) is 30.3 Å². The summed E-state index contributed by atoms with van der Waals surface area (Å²) in [7, 11) is -3.61. The van der Waals surface area contributed by atoms with Gasteiger partial charge in [0.05, 0.1) is 18.0 Å². The highest BCUT2D eigenvalue weighted by molar-refractivity contribution is 7.92. The van der Waals surface area contributed by atoms with Crippen LogP contribution in [-0.4, -0.2) is 32.7 Å². The number of nitrogens with one attached hydrogen (secondary N) is 1. The molecule has 0 aliphatic carbocycles. The summed E-state index contributed by atoms with van der Waals surface area (Å²) in [5.41, 5.74) is 1.36. The fourth-order valence-electron chi connectivity index (χ4n) is 2.68. The third-order valence-electron chi connectivity index (χ3n) is 3.86. The first-order chi connectivity index (χ1) is 12.7. The van der Waals surface area contributed by atoms with Crippen LogP contribution in [-0.2, 0) is 21.4 Å². The van der Waals surface area contributed by atoms with Crippen molar-refractivity contribution < 1.29 is 17.9 Å². The van der Waals surface area contributed by atoms with E-state index in [0.717, 1.165) is 21.9 Å². The van der Waals surface area contributed by atoms with E-state index in [1.54, 1.807) is 37.3 Å². The maximum atomic E-state index is 12.5. The fourth-order valence-corrected chi connectivity index (χ4v) is 3.85. The molecule has 0 bridgehead atoms. The van der Waals surface area contributed by atoms with Crippen LogP contribution in [0, 0.1) is 0 Å². The average molecular weight is 391 g/mol. The number of carbonyl (C=O) groups is 1. The summed E-state index contributed by atoms with van der Waals surface area (Å²) < 4.78 is 31.1. The standard InChI is InChI=1S/C20H26N2O4S/c1-15(2)26-19-12-10-17(11-13-19)14-21-20(23)16(3)22(27(4,24)25)18-8-6-5-7-9-18/h5-13,15-16H,14H2,1-4H3,(H,21,23)/t16-/m0/s1. The van der Waals surface area contributed by atoms with Crippen molar-refractivity contribution >= 4 is 21.6 Å². The van der Waals surface area contributed by atoms with E-state index in [9.17, 15) is 13.2 Å². The normalized spacial score (nSPS) is 12.5. The quantitative estimate of drug-likeness (QED) is 0.752. The monoisotopic (exact) mass is 390 g/mol. The van der Waals surface area contributed by atoms with Crippen LogP contribution in [0.4, 0.5) is 5.69 Å². The lowest BCUT2D eigenvalue weighted by atomic mass is 10.2. The molecule has 146 valence electrons. The van der Waals surface area contributed by atoms with Crippen molar-refractivity contribution in [2.75, 3.05) is 10.6 Å². The van der Waals surface area contributed by atoms with Gasteiger partial charge in [0.2, 0.25) is 15.9 Å². The van der Waals surface area contributed by atoms with Gasteiger partial charge in [0, 0.05) is 6.54 Å². The van der Waals surface area contributed by atoms with E-state index in [2.05, 4.69) is 5.32 Å². The van der Waals surface area contributed by atoms with Crippen molar-refractivity contribution in [3.05, 3.63) is 60.2 Å². The zero-order valence-electron chi connectivity index (χ0n) is 16.0. The van der Waals surface area contributed by atoms with E-state index in [0.29, 0.717) is 12.2 Å². The van der Waals surface area contributed by atoms with Gasteiger partial charge in [-0.25, -0.2) is 8.42 Å². The summed E-state index contributed by atoms with van der Waals surface area (Å²) in [6.07, 6.45) is 1.19. The Labute approximate surface area is 161 Å². The summed E-state index contributed by atoms with van der Waals surface area (Å²) >= 11 is 0. The van der Waals surface area contributed by atoms with Crippen LogP contribution in [0.25, 0.3) is 0 Å². The Morgan fingerprint density at radius 1 is 1.04 bits per heavy atom. The molecule has 2 rings (SSSR count). The molecule has 27 heavy (non-hydrogen) atoms. The lowest BCUT2D eigenvalue weighted by Crippen LogP contribution is -2.47. The van der Waals surface area contributed by atoms with Gasteiger partial charge >= 0.3 is 0 Å². The number of anilines is 1. The maximum absolute atomic E-state index is 12.5. The van der Waals surface area contributed by atoms with Crippen LogP contribution in [0.3, 0.4) is 0 Å². The molecule has 0 aliphatic heterocycles. The molecule has 0 saturated heterocycles. The molecule has 0 fully saturated rings. The SMILES string of the molecule is CC(C)Oc1ccc(CNC(=O)[C@H](C)N(c2ccccc2)S(C)(=O)=O)cc1. The number of hydrogen-bond donors (Lipinski definition) is 1. The molecule has 0 aliphatic rings. The topological polar surface area (TPSA) is 75.7 Å². The van der Waals surface area contributed by atoms with Crippen LogP contribution in [0.2, 0.25) is 0 Å². The van der Waals surface area contributed by atoms with Gasteiger partial charge in [0.1, 0.15) is 11.8 Å². The molecule has 0 heterocycles. The Hall–Kier alpha value is -2.54. The number of amides is 1. The Kier molecular flexibility index (Phi) is 6.85. The molecule has 7 heteroatoms. The number of ether oxygens (including phenoxy) is 1. The predicted octanol–water partition coefficient (Wildman–Crippen LogP) is 2.94. The summed E-state index contributed by atoms with van der Waals surface area (Å²) in [5.74, 6) is 0.396. The zero-order chi connectivity index (χ0) is 20.0. The molecule has 1 atom stereocenters. The van der Waals surface area contributed by atoms with E-state index < -0.39 is 16.1 Å². The zero-order valence-corrected chi connectivity index (χ0v) is 16.9. The second-order valence-electron chi connectivity index (χ2n) is 6.60. The first kappa shape index (κ1) is 20.8. The summed E-state index contributed by atoms with van der Waals surface area (Å²) in [6, 6.07) is 15.2. The molecule has 2 aromatic rings. The molecule has 0 aromatic heterocycles. The highest BCUT2D eigenvalue weighted by Gasteiger charge is 2.28. The number of nitrogens with zero attached hydrogens (tertiary/aromatic N) is 1. The number of para-hydroxylation sites is 1. The van der Waals surface area contributed by atoms with Crippen molar-refractivity contribution in [3.63, 3.8) is 0 Å². The van der Waals surface area contributed by atoms with Gasteiger partial charge in [0.25, 0.3) is 0 Å². The van der Waals surface area contributed by atoms with E-state index in [1.165, 1.54) is 0 Å². The Balaban J connectivity index is 2.05. The Morgan fingerprint density at radius 3 is 2.15 bits per heavy atom. The summed E-state index contributed by atoms with van der Waals surface area (Å²) in [4.78, 5) is 12.5. The van der Waals surface area contributed by atoms with Crippen LogP contribution in [0.15, 0.2) is 54.6 Å². The molecule has 0 radical (unpaired) electrons.